The van der Waals surface area contributed by atoms with E-state index in [-0.39, 0.29) is 12.4 Å². The Labute approximate surface area is 192 Å². The molecule has 0 radical (unpaired) electrons. The van der Waals surface area contributed by atoms with E-state index in [4.69, 9.17) is 4.74 Å². The molecule has 2 atom stereocenters. The van der Waals surface area contributed by atoms with Gasteiger partial charge in [-0.25, -0.2) is 4.79 Å². The van der Waals surface area contributed by atoms with E-state index < -0.39 is 17.3 Å². The van der Waals surface area contributed by atoms with Crippen molar-refractivity contribution >= 4 is 21.1 Å². The minimum atomic E-state index is -1.29. The van der Waals surface area contributed by atoms with Crippen LogP contribution in [0, 0.1) is 0 Å². The number of hydrogen-bond donors (Lipinski definition) is 0. The SMILES string of the molecule is CCCN(C(=O)OCC)C(P)(C(=O)C(c1ccccc1)c1ccccc1)c1ccccc1. The molecule has 0 heterocycles. The first-order valence-electron chi connectivity index (χ1n) is 11.0. The zero-order valence-corrected chi connectivity index (χ0v) is 19.8. The lowest BCUT2D eigenvalue weighted by Crippen LogP contribution is -2.52. The van der Waals surface area contributed by atoms with Gasteiger partial charge in [-0.05, 0) is 30.0 Å². The van der Waals surface area contributed by atoms with E-state index in [0.29, 0.717) is 13.0 Å². The van der Waals surface area contributed by atoms with Crippen LogP contribution in [0.5, 0.6) is 0 Å². The van der Waals surface area contributed by atoms with Crippen molar-refractivity contribution in [1.29, 1.82) is 0 Å². The van der Waals surface area contributed by atoms with Crippen molar-refractivity contribution in [2.75, 3.05) is 13.2 Å². The molecule has 166 valence electrons. The Morgan fingerprint density at radius 3 is 1.75 bits per heavy atom. The number of amides is 1. The van der Waals surface area contributed by atoms with Crippen molar-refractivity contribution in [2.45, 2.75) is 31.5 Å². The van der Waals surface area contributed by atoms with E-state index in [2.05, 4.69) is 9.24 Å². The summed E-state index contributed by atoms with van der Waals surface area (Å²) in [5.74, 6) is -0.656. The molecular weight excluding hydrogens is 417 g/mol. The van der Waals surface area contributed by atoms with Crippen LogP contribution in [-0.2, 0) is 14.8 Å². The van der Waals surface area contributed by atoms with Crippen LogP contribution in [0.25, 0.3) is 0 Å². The predicted molar refractivity (Wildman–Crippen MR) is 132 cm³/mol. The zero-order chi connectivity index (χ0) is 23.0. The predicted octanol–water partition coefficient (Wildman–Crippen LogP) is 5.98. The molecule has 3 rings (SSSR count). The molecule has 32 heavy (non-hydrogen) atoms. The minimum Gasteiger partial charge on any atom is -0.450 e. The Morgan fingerprint density at radius 2 is 1.31 bits per heavy atom. The molecule has 0 N–H and O–H groups in total. The molecule has 3 aromatic carbocycles. The van der Waals surface area contributed by atoms with Gasteiger partial charge in [-0.1, -0.05) is 107 Å². The Kier molecular flexibility index (Phi) is 8.19. The van der Waals surface area contributed by atoms with Crippen molar-refractivity contribution < 1.29 is 14.3 Å². The molecule has 0 aromatic heterocycles. The molecule has 5 heteroatoms. The number of benzene rings is 3. The average molecular weight is 448 g/mol. The summed E-state index contributed by atoms with van der Waals surface area (Å²) in [6, 6.07) is 28.9. The topological polar surface area (TPSA) is 46.6 Å². The Hall–Kier alpha value is -2.97. The third-order valence-electron chi connectivity index (χ3n) is 5.48. The van der Waals surface area contributed by atoms with Crippen LogP contribution in [0.1, 0.15) is 42.9 Å². The van der Waals surface area contributed by atoms with Crippen LogP contribution >= 0.6 is 9.24 Å². The Morgan fingerprint density at radius 1 is 0.844 bits per heavy atom. The lowest BCUT2D eigenvalue weighted by atomic mass is 9.82. The summed E-state index contributed by atoms with van der Waals surface area (Å²) in [5, 5.41) is -1.29. The van der Waals surface area contributed by atoms with Gasteiger partial charge < -0.3 is 4.74 Å². The van der Waals surface area contributed by atoms with Crippen molar-refractivity contribution in [3.8, 4) is 0 Å². The molecule has 0 aliphatic carbocycles. The second-order valence-corrected chi connectivity index (χ2v) is 8.44. The van der Waals surface area contributed by atoms with E-state index in [0.717, 1.165) is 16.7 Å². The molecule has 0 fully saturated rings. The van der Waals surface area contributed by atoms with Crippen LogP contribution in [0.4, 0.5) is 4.79 Å². The molecule has 0 bridgehead atoms. The average Bonchev–Trinajstić information content (AvgIpc) is 2.84. The van der Waals surface area contributed by atoms with Crippen LogP contribution in [-0.4, -0.2) is 29.9 Å². The number of ketones is 1. The molecule has 2 unspecified atom stereocenters. The highest BCUT2D eigenvalue weighted by Crippen LogP contribution is 2.43. The maximum atomic E-state index is 14.5. The zero-order valence-electron chi connectivity index (χ0n) is 18.6. The van der Waals surface area contributed by atoms with Crippen molar-refractivity contribution in [2.24, 2.45) is 0 Å². The van der Waals surface area contributed by atoms with E-state index >= 15 is 0 Å². The summed E-state index contributed by atoms with van der Waals surface area (Å²) >= 11 is 0. The highest BCUT2D eigenvalue weighted by Gasteiger charge is 2.47. The fourth-order valence-electron chi connectivity index (χ4n) is 3.97. The van der Waals surface area contributed by atoms with Crippen LogP contribution in [0.15, 0.2) is 91.0 Å². The quantitative estimate of drug-likeness (QED) is 0.379. The van der Waals surface area contributed by atoms with Gasteiger partial charge in [0.25, 0.3) is 0 Å². The molecule has 0 saturated heterocycles. The first-order chi connectivity index (χ1) is 15.5. The normalized spacial score (nSPS) is 12.8. The van der Waals surface area contributed by atoms with Crippen LogP contribution in [0.2, 0.25) is 0 Å². The summed E-state index contributed by atoms with van der Waals surface area (Å²) in [4.78, 5) is 29.2. The fraction of sp³-hybridized carbons (Fsp3) is 0.259. The number of carbonyl (C=O) groups excluding carboxylic acids is 2. The number of nitrogens with zero attached hydrogens (tertiary/aromatic N) is 1. The molecular formula is C27H30NO3P. The lowest BCUT2D eigenvalue weighted by molar-refractivity contribution is -0.126. The molecule has 0 saturated carbocycles. The van der Waals surface area contributed by atoms with Gasteiger partial charge in [0.05, 0.1) is 12.5 Å². The number of hydrogen-bond acceptors (Lipinski definition) is 3. The summed E-state index contributed by atoms with van der Waals surface area (Å²) < 4.78 is 5.39. The van der Waals surface area contributed by atoms with Crippen LogP contribution in [0.3, 0.4) is 0 Å². The molecule has 0 spiro atoms. The van der Waals surface area contributed by atoms with Gasteiger partial charge >= 0.3 is 6.09 Å². The van der Waals surface area contributed by atoms with E-state index in [9.17, 15) is 9.59 Å². The summed E-state index contributed by atoms with van der Waals surface area (Å²) in [6.45, 7) is 4.38. The highest BCUT2D eigenvalue weighted by molar-refractivity contribution is 7.20. The maximum Gasteiger partial charge on any atom is 0.411 e. The Bertz CT molecular complexity index is 971. The fourth-order valence-corrected chi connectivity index (χ4v) is 4.56. The van der Waals surface area contributed by atoms with Gasteiger partial charge in [0.15, 0.2) is 5.78 Å². The van der Waals surface area contributed by atoms with Crippen molar-refractivity contribution in [3.05, 3.63) is 108 Å². The third kappa shape index (κ3) is 4.92. The molecule has 0 aliphatic rings. The largest absolute Gasteiger partial charge is 0.450 e. The molecule has 0 aliphatic heterocycles. The monoisotopic (exact) mass is 447 g/mol. The van der Waals surface area contributed by atoms with E-state index in [1.807, 2.05) is 97.9 Å². The van der Waals surface area contributed by atoms with Gasteiger partial charge in [0.2, 0.25) is 0 Å². The number of carbonyl (C=O) groups is 2. The standard InChI is InChI=1S/C27H30NO3P/c1-3-20-28(26(30)31-4-2)27(32,23-18-12-7-13-19-23)25(29)24(21-14-8-5-9-15-21)22-16-10-6-11-17-22/h5-19,24H,3-4,20,32H2,1-2H3. The van der Waals surface area contributed by atoms with E-state index in [1.54, 1.807) is 11.8 Å². The number of ether oxygens (including phenoxy) is 1. The number of rotatable bonds is 9. The van der Waals surface area contributed by atoms with Gasteiger partial charge in [0.1, 0.15) is 5.28 Å². The van der Waals surface area contributed by atoms with Crippen LogP contribution < -0.4 is 0 Å². The first-order valence-corrected chi connectivity index (χ1v) is 11.5. The molecule has 1 amide bonds. The summed E-state index contributed by atoms with van der Waals surface area (Å²) in [7, 11) is 2.70. The highest BCUT2D eigenvalue weighted by atomic mass is 31.0. The summed E-state index contributed by atoms with van der Waals surface area (Å²) in [5.41, 5.74) is 2.49. The van der Waals surface area contributed by atoms with Gasteiger partial charge in [0, 0.05) is 6.54 Å². The second-order valence-electron chi connectivity index (χ2n) is 7.60. The minimum absolute atomic E-state index is 0.104. The van der Waals surface area contributed by atoms with Crippen molar-refractivity contribution in [3.63, 3.8) is 0 Å². The van der Waals surface area contributed by atoms with Gasteiger partial charge in [-0.15, -0.1) is 0 Å². The van der Waals surface area contributed by atoms with E-state index in [1.165, 1.54) is 0 Å². The van der Waals surface area contributed by atoms with Crippen molar-refractivity contribution in [1.82, 2.24) is 4.90 Å². The lowest BCUT2D eigenvalue weighted by Gasteiger charge is -2.41. The van der Waals surface area contributed by atoms with Gasteiger partial charge in [-0.3, -0.25) is 9.69 Å². The maximum absolute atomic E-state index is 14.5. The Balaban J connectivity index is 2.22. The molecule has 4 nitrogen and oxygen atoms in total. The molecule has 3 aromatic rings. The smallest absolute Gasteiger partial charge is 0.411 e. The summed E-state index contributed by atoms with van der Waals surface area (Å²) in [6.07, 6.45) is 0.192. The third-order valence-corrected chi connectivity index (χ3v) is 6.41. The van der Waals surface area contributed by atoms with Gasteiger partial charge in [-0.2, -0.15) is 0 Å². The number of Topliss-reactive ketones (excluding diaryl/α,β-unsaturated/α-hetero) is 1. The second kappa shape index (κ2) is 11.1. The first kappa shape index (κ1) is 23.7.